The molecule has 1 saturated heterocycles. The molecule has 126 valence electrons. The van der Waals surface area contributed by atoms with Crippen LogP contribution in [0.1, 0.15) is 24.8 Å². The number of morpholine rings is 1. The van der Waals surface area contributed by atoms with Crippen LogP contribution >= 0.6 is 0 Å². The van der Waals surface area contributed by atoms with Crippen molar-refractivity contribution in [2.75, 3.05) is 31.2 Å². The first-order valence-corrected chi connectivity index (χ1v) is 7.98. The number of alkyl halides is 1. The molecule has 2 fully saturated rings. The van der Waals surface area contributed by atoms with Gasteiger partial charge in [0.05, 0.1) is 30.8 Å². The normalized spacial score (nSPS) is 24.8. The van der Waals surface area contributed by atoms with Gasteiger partial charge in [0.15, 0.2) is 0 Å². The number of nitro groups is 1. The lowest BCUT2D eigenvalue weighted by molar-refractivity contribution is -0.384. The first-order valence-electron chi connectivity index (χ1n) is 7.98. The van der Waals surface area contributed by atoms with Gasteiger partial charge in [0.1, 0.15) is 6.17 Å². The number of nitro benzene ring substituents is 1. The van der Waals surface area contributed by atoms with Crippen LogP contribution in [0.2, 0.25) is 0 Å². The van der Waals surface area contributed by atoms with Crippen LogP contribution in [0.4, 0.5) is 15.8 Å². The minimum Gasteiger partial charge on any atom is -0.378 e. The Morgan fingerprint density at radius 3 is 2.74 bits per heavy atom. The number of benzene rings is 1. The second-order valence-electron chi connectivity index (χ2n) is 6.06. The first kappa shape index (κ1) is 16.1. The molecule has 1 aromatic rings. The molecule has 1 saturated carbocycles. The number of nitrogens with zero attached hydrogens (tertiary/aromatic N) is 2. The average molecular weight is 324 g/mol. The van der Waals surface area contributed by atoms with Crippen molar-refractivity contribution in [3.63, 3.8) is 0 Å². The van der Waals surface area contributed by atoms with Gasteiger partial charge in [-0.25, -0.2) is 4.39 Å². The second kappa shape index (κ2) is 7.23. The molecule has 0 radical (unpaired) electrons. The fraction of sp³-hybridized carbons (Fsp3) is 0.625. The fourth-order valence-corrected chi connectivity index (χ4v) is 3.10. The molecule has 1 aliphatic heterocycles. The zero-order valence-corrected chi connectivity index (χ0v) is 12.9. The van der Waals surface area contributed by atoms with Crippen molar-refractivity contribution in [2.24, 2.45) is 0 Å². The maximum absolute atomic E-state index is 13.2. The van der Waals surface area contributed by atoms with Crippen molar-refractivity contribution in [3.8, 4) is 0 Å². The minimum atomic E-state index is -0.783. The van der Waals surface area contributed by atoms with Crippen molar-refractivity contribution in [1.82, 2.24) is 0 Å². The van der Waals surface area contributed by atoms with Crippen molar-refractivity contribution in [1.29, 1.82) is 0 Å². The second-order valence-corrected chi connectivity index (χ2v) is 6.06. The van der Waals surface area contributed by atoms with E-state index >= 15 is 0 Å². The Balaban J connectivity index is 1.72. The fourth-order valence-electron chi connectivity index (χ4n) is 3.10. The van der Waals surface area contributed by atoms with Gasteiger partial charge < -0.3 is 14.4 Å². The van der Waals surface area contributed by atoms with Crippen LogP contribution in [-0.2, 0) is 16.1 Å². The first-order chi connectivity index (χ1) is 11.1. The van der Waals surface area contributed by atoms with Crippen molar-refractivity contribution >= 4 is 11.4 Å². The molecule has 0 aromatic heterocycles. The summed E-state index contributed by atoms with van der Waals surface area (Å²) in [6.45, 7) is 2.95. The summed E-state index contributed by atoms with van der Waals surface area (Å²) < 4.78 is 24.2. The molecule has 23 heavy (non-hydrogen) atoms. The number of rotatable bonds is 5. The largest absolute Gasteiger partial charge is 0.378 e. The Morgan fingerprint density at radius 2 is 2.09 bits per heavy atom. The smallest absolute Gasteiger partial charge is 0.271 e. The van der Waals surface area contributed by atoms with Gasteiger partial charge >= 0.3 is 0 Å². The highest BCUT2D eigenvalue weighted by atomic mass is 19.1. The molecule has 1 aliphatic carbocycles. The topological polar surface area (TPSA) is 64.8 Å². The number of non-ortho nitro benzene ring substituents is 1. The van der Waals surface area contributed by atoms with Crippen LogP contribution < -0.4 is 4.90 Å². The molecule has 1 heterocycles. The van der Waals surface area contributed by atoms with Crippen LogP contribution in [0.5, 0.6) is 0 Å². The van der Waals surface area contributed by atoms with Gasteiger partial charge in [0.25, 0.3) is 5.69 Å². The number of hydrogen-bond acceptors (Lipinski definition) is 5. The monoisotopic (exact) mass is 324 g/mol. The zero-order chi connectivity index (χ0) is 16.2. The van der Waals surface area contributed by atoms with Crippen LogP contribution in [0, 0.1) is 10.1 Å². The van der Waals surface area contributed by atoms with Gasteiger partial charge in [-0.3, -0.25) is 10.1 Å². The van der Waals surface area contributed by atoms with Crippen molar-refractivity contribution < 1.29 is 18.8 Å². The van der Waals surface area contributed by atoms with Gasteiger partial charge in [-0.05, 0) is 24.5 Å². The molecule has 6 nitrogen and oxygen atoms in total. The molecule has 0 N–H and O–H groups in total. The lowest BCUT2D eigenvalue weighted by Gasteiger charge is -2.29. The summed E-state index contributed by atoms with van der Waals surface area (Å²) in [6.07, 6.45) is 0.807. The third kappa shape index (κ3) is 4.17. The third-order valence-electron chi connectivity index (χ3n) is 4.36. The van der Waals surface area contributed by atoms with Crippen LogP contribution in [0.15, 0.2) is 18.2 Å². The summed E-state index contributed by atoms with van der Waals surface area (Å²) in [5, 5.41) is 11.2. The Labute approximate surface area is 134 Å². The summed E-state index contributed by atoms with van der Waals surface area (Å²) in [6, 6.07) is 5.04. The van der Waals surface area contributed by atoms with E-state index in [0.29, 0.717) is 45.6 Å². The van der Waals surface area contributed by atoms with E-state index in [2.05, 4.69) is 4.90 Å². The lowest BCUT2D eigenvalue weighted by Crippen LogP contribution is -2.36. The van der Waals surface area contributed by atoms with Gasteiger partial charge in [-0.2, -0.15) is 0 Å². The summed E-state index contributed by atoms with van der Waals surface area (Å²) >= 11 is 0. The molecule has 0 amide bonds. The van der Waals surface area contributed by atoms with E-state index in [1.54, 1.807) is 6.07 Å². The van der Waals surface area contributed by atoms with E-state index in [0.717, 1.165) is 11.3 Å². The summed E-state index contributed by atoms with van der Waals surface area (Å²) in [5.41, 5.74) is 1.63. The number of hydrogen-bond donors (Lipinski definition) is 0. The van der Waals surface area contributed by atoms with E-state index in [1.807, 2.05) is 6.07 Å². The van der Waals surface area contributed by atoms with Crippen molar-refractivity contribution in [3.05, 3.63) is 33.9 Å². The average Bonchev–Trinajstić information content (AvgIpc) is 2.99. The lowest BCUT2D eigenvalue weighted by atomic mass is 10.1. The van der Waals surface area contributed by atoms with Crippen LogP contribution in [-0.4, -0.2) is 43.5 Å². The molecule has 2 atom stereocenters. The Hall–Kier alpha value is -1.73. The Bertz CT molecular complexity index is 563. The Morgan fingerprint density at radius 1 is 1.30 bits per heavy atom. The van der Waals surface area contributed by atoms with Gasteiger partial charge in [0.2, 0.25) is 0 Å². The van der Waals surface area contributed by atoms with Crippen LogP contribution in [0.25, 0.3) is 0 Å². The molecule has 2 aliphatic rings. The number of anilines is 1. The third-order valence-corrected chi connectivity index (χ3v) is 4.36. The molecule has 2 unspecified atom stereocenters. The highest BCUT2D eigenvalue weighted by Crippen LogP contribution is 2.28. The van der Waals surface area contributed by atoms with Crippen LogP contribution in [0.3, 0.4) is 0 Å². The quantitative estimate of drug-likeness (QED) is 0.615. The Kier molecular flexibility index (Phi) is 5.07. The molecule has 0 bridgehead atoms. The van der Waals surface area contributed by atoms with E-state index in [9.17, 15) is 14.5 Å². The maximum atomic E-state index is 13.2. The molecule has 1 aromatic carbocycles. The molecule has 0 spiro atoms. The van der Waals surface area contributed by atoms with Gasteiger partial charge in [0, 0.05) is 37.3 Å². The van der Waals surface area contributed by atoms with E-state index < -0.39 is 6.17 Å². The predicted molar refractivity (Wildman–Crippen MR) is 83.5 cm³/mol. The molecular formula is C16H21FN2O4. The molecule has 3 rings (SSSR count). The summed E-state index contributed by atoms with van der Waals surface area (Å²) in [7, 11) is 0. The van der Waals surface area contributed by atoms with Gasteiger partial charge in [-0.1, -0.05) is 0 Å². The molecular weight excluding hydrogens is 303 g/mol. The van der Waals surface area contributed by atoms with Crippen molar-refractivity contribution in [2.45, 2.75) is 38.1 Å². The highest BCUT2D eigenvalue weighted by Gasteiger charge is 2.25. The highest BCUT2D eigenvalue weighted by molar-refractivity contribution is 5.56. The van der Waals surface area contributed by atoms with E-state index in [-0.39, 0.29) is 23.3 Å². The van der Waals surface area contributed by atoms with E-state index in [4.69, 9.17) is 9.47 Å². The molecule has 7 heteroatoms. The standard InChI is InChI=1S/C16H21FN2O4/c17-13-1-2-16(9-13)23-11-12-7-14(10-15(8-12)19(20)21)18-3-5-22-6-4-18/h7-8,10,13,16H,1-6,9,11H2. The number of ether oxygens (including phenoxy) is 2. The van der Waals surface area contributed by atoms with Gasteiger partial charge in [-0.15, -0.1) is 0 Å². The summed E-state index contributed by atoms with van der Waals surface area (Å²) in [5.74, 6) is 0. The van der Waals surface area contributed by atoms with E-state index in [1.165, 1.54) is 6.07 Å². The SMILES string of the molecule is O=[N+]([O-])c1cc(COC2CCC(F)C2)cc(N2CCOCC2)c1. The zero-order valence-electron chi connectivity index (χ0n) is 12.9. The minimum absolute atomic E-state index is 0.0578. The maximum Gasteiger partial charge on any atom is 0.271 e. The summed E-state index contributed by atoms with van der Waals surface area (Å²) in [4.78, 5) is 12.9. The predicted octanol–water partition coefficient (Wildman–Crippen LogP) is 2.84. The number of halogens is 1.